The van der Waals surface area contributed by atoms with E-state index in [1.165, 1.54) is 44.1 Å². The third-order valence-corrected chi connectivity index (χ3v) is 5.03. The van der Waals surface area contributed by atoms with E-state index in [2.05, 4.69) is 35.6 Å². The van der Waals surface area contributed by atoms with E-state index in [0.717, 1.165) is 12.8 Å². The molecule has 2 fully saturated rings. The summed E-state index contributed by atoms with van der Waals surface area (Å²) in [6.45, 7) is 0. The fraction of sp³-hybridized carbons (Fsp3) is 0.667. The van der Waals surface area contributed by atoms with Crippen LogP contribution >= 0.6 is 0 Å². The number of aliphatic hydroxyl groups excluding tert-OH is 1. The quantitative estimate of drug-likeness (QED) is 0.882. The Balaban J connectivity index is 1.61. The molecule has 0 aliphatic heterocycles. The highest BCUT2D eigenvalue weighted by Gasteiger charge is 2.30. The minimum atomic E-state index is -0.143. The molecule has 2 nitrogen and oxygen atoms in total. The summed E-state index contributed by atoms with van der Waals surface area (Å²) in [4.78, 5) is 0. The normalized spacial score (nSPS) is 32.1. The van der Waals surface area contributed by atoms with E-state index in [-0.39, 0.29) is 6.10 Å². The molecule has 0 bridgehead atoms. The Bertz CT molecular complexity index is 399. The standard InChI is InChI=1S/C18H27NO/c20-18-12-15(14-7-3-1-4-8-14)11-17(13-18)19-16-9-5-2-6-10-16/h1,3-4,7-8,15-20H,2,5-6,9-13H2. The van der Waals surface area contributed by atoms with Gasteiger partial charge in [-0.1, -0.05) is 49.6 Å². The number of hydrogen-bond acceptors (Lipinski definition) is 2. The van der Waals surface area contributed by atoms with Gasteiger partial charge < -0.3 is 10.4 Å². The third kappa shape index (κ3) is 3.62. The summed E-state index contributed by atoms with van der Waals surface area (Å²) in [6.07, 6.45) is 9.67. The summed E-state index contributed by atoms with van der Waals surface area (Å²) >= 11 is 0. The second-order valence-electron chi connectivity index (χ2n) is 6.67. The van der Waals surface area contributed by atoms with E-state index in [1.54, 1.807) is 0 Å². The summed E-state index contributed by atoms with van der Waals surface area (Å²) < 4.78 is 0. The molecule has 0 saturated heterocycles. The number of benzene rings is 1. The van der Waals surface area contributed by atoms with Crippen LogP contribution in [0.5, 0.6) is 0 Å². The molecular weight excluding hydrogens is 246 g/mol. The zero-order valence-corrected chi connectivity index (χ0v) is 12.3. The second kappa shape index (κ2) is 6.73. The molecular formula is C18H27NO. The Labute approximate surface area is 122 Å². The van der Waals surface area contributed by atoms with E-state index in [1.807, 2.05) is 0 Å². The molecule has 3 unspecified atom stereocenters. The van der Waals surface area contributed by atoms with Crippen LogP contribution in [-0.2, 0) is 0 Å². The number of rotatable bonds is 3. The molecule has 2 aliphatic rings. The Kier molecular flexibility index (Phi) is 4.74. The molecule has 0 heterocycles. The Morgan fingerprint density at radius 2 is 1.60 bits per heavy atom. The van der Waals surface area contributed by atoms with Crippen molar-refractivity contribution in [1.29, 1.82) is 0 Å². The van der Waals surface area contributed by atoms with Gasteiger partial charge in [-0.25, -0.2) is 0 Å². The minimum Gasteiger partial charge on any atom is -0.393 e. The first-order valence-corrected chi connectivity index (χ1v) is 8.30. The summed E-state index contributed by atoms with van der Waals surface area (Å²) in [5.41, 5.74) is 1.39. The molecule has 3 rings (SSSR count). The highest BCUT2D eigenvalue weighted by atomic mass is 16.3. The predicted molar refractivity (Wildman–Crippen MR) is 82.8 cm³/mol. The first-order chi connectivity index (χ1) is 9.81. The smallest absolute Gasteiger partial charge is 0.0561 e. The van der Waals surface area contributed by atoms with Gasteiger partial charge in [0, 0.05) is 12.1 Å². The van der Waals surface area contributed by atoms with Crippen LogP contribution in [0.2, 0.25) is 0 Å². The zero-order valence-electron chi connectivity index (χ0n) is 12.3. The third-order valence-electron chi connectivity index (χ3n) is 5.03. The maximum Gasteiger partial charge on any atom is 0.0561 e. The zero-order chi connectivity index (χ0) is 13.8. The molecule has 0 radical (unpaired) electrons. The maximum atomic E-state index is 10.2. The molecule has 2 heteroatoms. The summed E-state index contributed by atoms with van der Waals surface area (Å²) in [5, 5.41) is 14.0. The van der Waals surface area contributed by atoms with Gasteiger partial charge in [-0.3, -0.25) is 0 Å². The van der Waals surface area contributed by atoms with Gasteiger partial charge in [0.2, 0.25) is 0 Å². The van der Waals surface area contributed by atoms with Crippen LogP contribution in [0.4, 0.5) is 0 Å². The van der Waals surface area contributed by atoms with E-state index < -0.39 is 0 Å². The van der Waals surface area contributed by atoms with E-state index in [0.29, 0.717) is 18.0 Å². The topological polar surface area (TPSA) is 32.3 Å². The van der Waals surface area contributed by atoms with Gasteiger partial charge in [0.25, 0.3) is 0 Å². The highest BCUT2D eigenvalue weighted by molar-refractivity contribution is 5.20. The number of aliphatic hydroxyl groups is 1. The summed E-state index contributed by atoms with van der Waals surface area (Å²) in [6, 6.07) is 11.9. The Morgan fingerprint density at radius 3 is 2.35 bits per heavy atom. The molecule has 1 aromatic rings. The number of hydrogen-bond donors (Lipinski definition) is 2. The van der Waals surface area contributed by atoms with Gasteiger partial charge in [-0.2, -0.15) is 0 Å². The molecule has 2 aliphatic carbocycles. The lowest BCUT2D eigenvalue weighted by molar-refractivity contribution is 0.0952. The van der Waals surface area contributed by atoms with E-state index in [9.17, 15) is 5.11 Å². The minimum absolute atomic E-state index is 0.143. The van der Waals surface area contributed by atoms with Gasteiger partial charge >= 0.3 is 0 Å². The molecule has 3 atom stereocenters. The van der Waals surface area contributed by atoms with Crippen LogP contribution in [0.3, 0.4) is 0 Å². The van der Waals surface area contributed by atoms with Crippen LogP contribution in [0.25, 0.3) is 0 Å². The average molecular weight is 273 g/mol. The largest absolute Gasteiger partial charge is 0.393 e. The van der Waals surface area contributed by atoms with Crippen molar-refractivity contribution in [1.82, 2.24) is 5.32 Å². The average Bonchev–Trinajstić information content (AvgIpc) is 2.49. The van der Waals surface area contributed by atoms with Crippen molar-refractivity contribution in [3.8, 4) is 0 Å². The van der Waals surface area contributed by atoms with Crippen molar-refractivity contribution in [3.05, 3.63) is 35.9 Å². The monoisotopic (exact) mass is 273 g/mol. The summed E-state index contributed by atoms with van der Waals surface area (Å²) in [5.74, 6) is 0.515. The molecule has 2 N–H and O–H groups in total. The molecule has 0 amide bonds. The van der Waals surface area contributed by atoms with Gasteiger partial charge in [0.1, 0.15) is 0 Å². The lowest BCUT2D eigenvalue weighted by Crippen LogP contribution is -2.44. The van der Waals surface area contributed by atoms with Crippen LogP contribution in [0.15, 0.2) is 30.3 Å². The molecule has 110 valence electrons. The van der Waals surface area contributed by atoms with Gasteiger partial charge in [0.05, 0.1) is 6.10 Å². The van der Waals surface area contributed by atoms with Crippen molar-refractivity contribution >= 4 is 0 Å². The predicted octanol–water partition coefficient (Wildman–Crippen LogP) is 3.61. The molecule has 2 saturated carbocycles. The lowest BCUT2D eigenvalue weighted by Gasteiger charge is -2.36. The van der Waals surface area contributed by atoms with E-state index >= 15 is 0 Å². The fourth-order valence-electron chi connectivity index (χ4n) is 4.03. The molecule has 20 heavy (non-hydrogen) atoms. The fourth-order valence-corrected chi connectivity index (χ4v) is 4.03. The second-order valence-corrected chi connectivity index (χ2v) is 6.67. The van der Waals surface area contributed by atoms with Crippen molar-refractivity contribution in [2.75, 3.05) is 0 Å². The Hall–Kier alpha value is -0.860. The van der Waals surface area contributed by atoms with Gasteiger partial charge in [0.15, 0.2) is 0 Å². The van der Waals surface area contributed by atoms with Crippen LogP contribution < -0.4 is 5.32 Å². The number of nitrogens with one attached hydrogen (secondary N) is 1. The summed E-state index contributed by atoms with van der Waals surface area (Å²) in [7, 11) is 0. The molecule has 1 aromatic carbocycles. The maximum absolute atomic E-state index is 10.2. The Morgan fingerprint density at radius 1 is 0.850 bits per heavy atom. The van der Waals surface area contributed by atoms with E-state index in [4.69, 9.17) is 0 Å². The van der Waals surface area contributed by atoms with Crippen molar-refractivity contribution in [2.45, 2.75) is 75.5 Å². The van der Waals surface area contributed by atoms with Crippen molar-refractivity contribution in [2.24, 2.45) is 0 Å². The van der Waals surface area contributed by atoms with Gasteiger partial charge in [-0.15, -0.1) is 0 Å². The van der Waals surface area contributed by atoms with Crippen molar-refractivity contribution < 1.29 is 5.11 Å². The molecule has 0 aromatic heterocycles. The van der Waals surface area contributed by atoms with Gasteiger partial charge in [-0.05, 0) is 43.6 Å². The molecule has 0 spiro atoms. The SMILES string of the molecule is OC1CC(NC2CCCCC2)CC(c2ccccc2)C1. The lowest BCUT2D eigenvalue weighted by atomic mass is 9.79. The van der Waals surface area contributed by atoms with Crippen LogP contribution in [0, 0.1) is 0 Å². The van der Waals surface area contributed by atoms with Crippen LogP contribution in [-0.4, -0.2) is 23.3 Å². The highest BCUT2D eigenvalue weighted by Crippen LogP contribution is 2.33. The van der Waals surface area contributed by atoms with Crippen molar-refractivity contribution in [3.63, 3.8) is 0 Å². The first kappa shape index (κ1) is 14.1. The first-order valence-electron chi connectivity index (χ1n) is 8.30. The van der Waals surface area contributed by atoms with Crippen LogP contribution in [0.1, 0.15) is 62.8 Å².